The largest absolute Gasteiger partial charge is 0.462 e. The monoisotopic (exact) mass is 209 g/mol. The van der Waals surface area contributed by atoms with Gasteiger partial charge in [0.15, 0.2) is 0 Å². The van der Waals surface area contributed by atoms with E-state index in [2.05, 4.69) is 5.92 Å². The molecule has 3 heteroatoms. The van der Waals surface area contributed by atoms with Crippen molar-refractivity contribution in [2.75, 3.05) is 6.61 Å². The van der Waals surface area contributed by atoms with Gasteiger partial charge in [-0.25, -0.2) is 4.79 Å². The van der Waals surface area contributed by atoms with Gasteiger partial charge in [-0.1, -0.05) is 13.3 Å². The Balaban J connectivity index is 4.10. The second-order valence-corrected chi connectivity index (χ2v) is 3.34. The third-order valence-corrected chi connectivity index (χ3v) is 2.06. The summed E-state index contributed by atoms with van der Waals surface area (Å²) in [4.78, 5) is 11.4. The van der Waals surface area contributed by atoms with E-state index in [1.54, 1.807) is 6.92 Å². The van der Waals surface area contributed by atoms with Crippen LogP contribution in [-0.2, 0) is 9.53 Å². The minimum absolute atomic E-state index is 0.335. The first-order valence-corrected chi connectivity index (χ1v) is 5.19. The molecule has 0 heterocycles. The molecule has 0 aliphatic rings. The van der Waals surface area contributed by atoms with Gasteiger partial charge in [-0.05, 0) is 19.8 Å². The van der Waals surface area contributed by atoms with Gasteiger partial charge in [-0.2, -0.15) is 0 Å². The van der Waals surface area contributed by atoms with Crippen LogP contribution in [0.25, 0.3) is 0 Å². The van der Waals surface area contributed by atoms with E-state index in [0.29, 0.717) is 30.7 Å². The van der Waals surface area contributed by atoms with Crippen LogP contribution in [0.15, 0.2) is 11.3 Å². The van der Waals surface area contributed by atoms with E-state index in [1.165, 1.54) is 0 Å². The van der Waals surface area contributed by atoms with Gasteiger partial charge in [0, 0.05) is 12.1 Å². The Kier molecular flexibility index (Phi) is 7.17. The van der Waals surface area contributed by atoms with Crippen molar-refractivity contribution < 1.29 is 9.53 Å². The fraction of sp³-hybridized carbons (Fsp3) is 0.583. The Morgan fingerprint density at radius 1 is 1.53 bits per heavy atom. The number of nitrogens with two attached hydrogens (primary N) is 1. The molecular weight excluding hydrogens is 190 g/mol. The van der Waals surface area contributed by atoms with Crippen molar-refractivity contribution in [3.63, 3.8) is 0 Å². The van der Waals surface area contributed by atoms with Crippen molar-refractivity contribution >= 4 is 5.97 Å². The number of hydrogen-bond acceptors (Lipinski definition) is 3. The fourth-order valence-electron chi connectivity index (χ4n) is 0.943. The standard InChI is InChI=1S/C12H19NO2/c1-4-6-8-11(13)10(3)12(14)15-9-7-5-2/h1H,5-9,13H2,2-3H3/b11-10-. The Morgan fingerprint density at radius 3 is 2.73 bits per heavy atom. The van der Waals surface area contributed by atoms with Crippen LogP contribution in [0.1, 0.15) is 39.5 Å². The maximum Gasteiger partial charge on any atom is 0.335 e. The SMILES string of the molecule is C#CCC/C(N)=C(\C)C(=O)OCCCC. The lowest BCUT2D eigenvalue weighted by Crippen LogP contribution is -2.12. The Bertz CT molecular complexity index is 274. The summed E-state index contributed by atoms with van der Waals surface area (Å²) in [6.07, 6.45) is 8.08. The molecule has 3 nitrogen and oxygen atoms in total. The van der Waals surface area contributed by atoms with Crippen LogP contribution >= 0.6 is 0 Å². The number of carbonyl (C=O) groups excluding carboxylic acids is 1. The van der Waals surface area contributed by atoms with E-state index in [4.69, 9.17) is 16.9 Å². The van der Waals surface area contributed by atoms with Crippen LogP contribution in [0.3, 0.4) is 0 Å². The van der Waals surface area contributed by atoms with E-state index in [-0.39, 0.29) is 5.97 Å². The van der Waals surface area contributed by atoms with Crippen molar-refractivity contribution in [2.24, 2.45) is 5.73 Å². The Hall–Kier alpha value is -1.43. The molecule has 0 aliphatic carbocycles. The summed E-state index contributed by atoms with van der Waals surface area (Å²) in [5, 5.41) is 0. The minimum atomic E-state index is -0.335. The van der Waals surface area contributed by atoms with E-state index < -0.39 is 0 Å². The maximum absolute atomic E-state index is 11.4. The molecule has 0 aromatic heterocycles. The van der Waals surface area contributed by atoms with Gasteiger partial charge in [-0.15, -0.1) is 12.3 Å². The van der Waals surface area contributed by atoms with Crippen molar-refractivity contribution in [3.05, 3.63) is 11.3 Å². The van der Waals surface area contributed by atoms with Crippen LogP contribution < -0.4 is 5.73 Å². The number of allylic oxidation sites excluding steroid dienone is 1. The van der Waals surface area contributed by atoms with Crippen LogP contribution in [0.2, 0.25) is 0 Å². The highest BCUT2D eigenvalue weighted by atomic mass is 16.5. The van der Waals surface area contributed by atoms with E-state index in [0.717, 1.165) is 12.8 Å². The molecule has 2 N–H and O–H groups in total. The summed E-state index contributed by atoms with van der Waals surface area (Å²) >= 11 is 0. The zero-order valence-electron chi connectivity index (χ0n) is 9.51. The first-order valence-electron chi connectivity index (χ1n) is 5.19. The van der Waals surface area contributed by atoms with E-state index in [9.17, 15) is 4.79 Å². The summed E-state index contributed by atoms with van der Waals surface area (Å²) in [7, 11) is 0. The number of ether oxygens (including phenoxy) is 1. The summed E-state index contributed by atoms with van der Waals surface area (Å²) in [6, 6.07) is 0. The third kappa shape index (κ3) is 5.79. The number of unbranched alkanes of at least 4 members (excludes halogenated alkanes) is 1. The lowest BCUT2D eigenvalue weighted by molar-refractivity contribution is -0.139. The fourth-order valence-corrected chi connectivity index (χ4v) is 0.943. The summed E-state index contributed by atoms with van der Waals surface area (Å²) in [5.41, 5.74) is 6.69. The number of carbonyl (C=O) groups is 1. The number of hydrogen-bond donors (Lipinski definition) is 1. The van der Waals surface area contributed by atoms with Gasteiger partial charge in [0.05, 0.1) is 12.2 Å². The zero-order chi connectivity index (χ0) is 11.7. The first kappa shape index (κ1) is 13.6. The normalized spacial score (nSPS) is 11.5. The molecule has 0 amide bonds. The quantitative estimate of drug-likeness (QED) is 0.315. The van der Waals surface area contributed by atoms with E-state index >= 15 is 0 Å². The van der Waals surface area contributed by atoms with E-state index in [1.807, 2.05) is 6.92 Å². The van der Waals surface area contributed by atoms with Gasteiger partial charge in [0.2, 0.25) is 0 Å². The molecule has 0 rings (SSSR count). The lowest BCUT2D eigenvalue weighted by Gasteiger charge is -2.06. The second kappa shape index (κ2) is 7.93. The molecule has 0 spiro atoms. The highest BCUT2D eigenvalue weighted by Crippen LogP contribution is 2.07. The van der Waals surface area contributed by atoms with Crippen molar-refractivity contribution in [1.82, 2.24) is 0 Å². The number of terminal acetylenes is 1. The topological polar surface area (TPSA) is 52.3 Å². The van der Waals surface area contributed by atoms with Gasteiger partial charge in [0.25, 0.3) is 0 Å². The smallest absolute Gasteiger partial charge is 0.335 e. The minimum Gasteiger partial charge on any atom is -0.462 e. The summed E-state index contributed by atoms with van der Waals surface area (Å²) in [5.74, 6) is 2.14. The molecule has 84 valence electrons. The van der Waals surface area contributed by atoms with Gasteiger partial charge >= 0.3 is 5.97 Å². The molecule has 0 aromatic rings. The molecule has 0 unspecified atom stereocenters. The van der Waals surface area contributed by atoms with Crippen molar-refractivity contribution in [2.45, 2.75) is 39.5 Å². The predicted molar refractivity (Wildman–Crippen MR) is 60.8 cm³/mol. The molecule has 0 fully saturated rings. The summed E-state index contributed by atoms with van der Waals surface area (Å²) in [6.45, 7) is 4.16. The predicted octanol–water partition coefficient (Wildman–Crippen LogP) is 1.98. The van der Waals surface area contributed by atoms with Gasteiger partial charge in [-0.3, -0.25) is 0 Å². The molecule has 0 radical (unpaired) electrons. The summed E-state index contributed by atoms with van der Waals surface area (Å²) < 4.78 is 5.02. The highest BCUT2D eigenvalue weighted by Gasteiger charge is 2.09. The molecule has 0 atom stereocenters. The molecular formula is C12H19NO2. The maximum atomic E-state index is 11.4. The van der Waals surface area contributed by atoms with Crippen molar-refractivity contribution in [3.8, 4) is 12.3 Å². The highest BCUT2D eigenvalue weighted by molar-refractivity contribution is 5.88. The lowest BCUT2D eigenvalue weighted by atomic mass is 10.1. The van der Waals surface area contributed by atoms with Crippen molar-refractivity contribution in [1.29, 1.82) is 0 Å². The van der Waals surface area contributed by atoms with Crippen LogP contribution in [-0.4, -0.2) is 12.6 Å². The Labute approximate surface area is 91.7 Å². The average Bonchev–Trinajstić information content (AvgIpc) is 2.24. The molecule has 0 aliphatic heterocycles. The zero-order valence-corrected chi connectivity index (χ0v) is 9.51. The van der Waals surface area contributed by atoms with Gasteiger partial charge < -0.3 is 10.5 Å². The second-order valence-electron chi connectivity index (χ2n) is 3.34. The molecule has 0 aromatic carbocycles. The average molecular weight is 209 g/mol. The van der Waals surface area contributed by atoms with Crippen LogP contribution in [0.4, 0.5) is 0 Å². The van der Waals surface area contributed by atoms with Gasteiger partial charge in [0.1, 0.15) is 0 Å². The molecule has 0 saturated carbocycles. The third-order valence-electron chi connectivity index (χ3n) is 2.06. The number of rotatable bonds is 6. The first-order chi connectivity index (χ1) is 7.13. The van der Waals surface area contributed by atoms with Crippen LogP contribution in [0.5, 0.6) is 0 Å². The molecule has 0 bridgehead atoms. The Morgan fingerprint density at radius 2 is 2.20 bits per heavy atom. The number of esters is 1. The molecule has 15 heavy (non-hydrogen) atoms. The molecule has 0 saturated heterocycles. The van der Waals surface area contributed by atoms with Crippen LogP contribution in [0, 0.1) is 12.3 Å².